The third-order valence-corrected chi connectivity index (χ3v) is 1.54. The van der Waals surface area contributed by atoms with Crippen LogP contribution in [0.4, 0.5) is 5.69 Å². The molecule has 1 amide bonds. The lowest BCUT2D eigenvalue weighted by Gasteiger charge is -2.08. The van der Waals surface area contributed by atoms with E-state index in [2.05, 4.69) is 15.3 Å². The van der Waals surface area contributed by atoms with Gasteiger partial charge in [0.1, 0.15) is 0 Å². The van der Waals surface area contributed by atoms with E-state index >= 15 is 0 Å². The van der Waals surface area contributed by atoms with Crippen molar-refractivity contribution in [3.05, 3.63) is 18.2 Å². The van der Waals surface area contributed by atoms with E-state index in [1.165, 1.54) is 4.90 Å². The zero-order chi connectivity index (χ0) is 9.84. The number of amides is 1. The summed E-state index contributed by atoms with van der Waals surface area (Å²) in [6, 6.07) is 0. The molecule has 1 aromatic rings. The van der Waals surface area contributed by atoms with Crippen molar-refractivity contribution in [2.24, 2.45) is 0 Å². The van der Waals surface area contributed by atoms with Crippen molar-refractivity contribution in [1.29, 1.82) is 0 Å². The van der Waals surface area contributed by atoms with Crippen molar-refractivity contribution in [2.75, 3.05) is 26.5 Å². The van der Waals surface area contributed by atoms with Crippen LogP contribution in [0.5, 0.6) is 0 Å². The van der Waals surface area contributed by atoms with E-state index in [1.54, 1.807) is 33.5 Å². The first-order valence-corrected chi connectivity index (χ1v) is 3.86. The molecule has 1 aromatic heterocycles. The van der Waals surface area contributed by atoms with E-state index in [4.69, 9.17) is 0 Å². The number of carbonyl (C=O) groups excluding carboxylic acids is 1. The maximum absolute atomic E-state index is 11.3. The lowest BCUT2D eigenvalue weighted by molar-refractivity contribution is 0.0816. The zero-order valence-corrected chi connectivity index (χ0v) is 7.90. The summed E-state index contributed by atoms with van der Waals surface area (Å²) >= 11 is 0. The summed E-state index contributed by atoms with van der Waals surface area (Å²) in [6.45, 7) is 0. The molecule has 1 N–H and O–H groups in total. The number of carbonyl (C=O) groups is 1. The summed E-state index contributed by atoms with van der Waals surface area (Å²) < 4.78 is 0. The van der Waals surface area contributed by atoms with Gasteiger partial charge in [-0.25, -0.2) is 9.97 Å². The maximum Gasteiger partial charge on any atom is 0.291 e. The van der Waals surface area contributed by atoms with Gasteiger partial charge in [-0.15, -0.1) is 0 Å². The fourth-order valence-electron chi connectivity index (χ4n) is 0.768. The summed E-state index contributed by atoms with van der Waals surface area (Å²) in [5.74, 6) is 0.0200. The summed E-state index contributed by atoms with van der Waals surface area (Å²) in [5, 5.41) is 2.87. The first-order valence-electron chi connectivity index (χ1n) is 3.86. The molecule has 0 atom stereocenters. The summed E-state index contributed by atoms with van der Waals surface area (Å²) in [7, 11) is 5.10. The second-order valence-electron chi connectivity index (χ2n) is 2.74. The van der Waals surface area contributed by atoms with Gasteiger partial charge in [-0.2, -0.15) is 0 Å². The van der Waals surface area contributed by atoms with Crippen molar-refractivity contribution in [3.8, 4) is 0 Å². The molecule has 0 aliphatic heterocycles. The molecule has 0 aliphatic carbocycles. The van der Waals surface area contributed by atoms with Gasteiger partial charge in [-0.1, -0.05) is 0 Å². The van der Waals surface area contributed by atoms with E-state index in [0.717, 1.165) is 5.69 Å². The Hall–Kier alpha value is -1.65. The Morgan fingerprint density at radius 1 is 1.38 bits per heavy atom. The first kappa shape index (κ1) is 9.44. The van der Waals surface area contributed by atoms with Crippen molar-refractivity contribution in [2.45, 2.75) is 0 Å². The van der Waals surface area contributed by atoms with Gasteiger partial charge in [0, 0.05) is 21.1 Å². The Kier molecular flexibility index (Phi) is 2.79. The maximum atomic E-state index is 11.3. The summed E-state index contributed by atoms with van der Waals surface area (Å²) in [6.07, 6.45) is 3.15. The fraction of sp³-hybridized carbons (Fsp3) is 0.375. The van der Waals surface area contributed by atoms with E-state index in [1.807, 2.05) is 0 Å². The van der Waals surface area contributed by atoms with Crippen LogP contribution in [-0.4, -0.2) is 41.9 Å². The van der Waals surface area contributed by atoms with Crippen LogP contribution in [0, 0.1) is 0 Å². The molecule has 1 rings (SSSR count). The molecule has 0 aliphatic rings. The van der Waals surface area contributed by atoms with Gasteiger partial charge < -0.3 is 10.2 Å². The largest absolute Gasteiger partial charge is 0.386 e. The van der Waals surface area contributed by atoms with E-state index in [9.17, 15) is 4.79 Å². The molecule has 5 heteroatoms. The second kappa shape index (κ2) is 3.84. The molecule has 0 radical (unpaired) electrons. The monoisotopic (exact) mass is 180 g/mol. The molecule has 0 unspecified atom stereocenters. The highest BCUT2D eigenvalue weighted by molar-refractivity contribution is 5.90. The van der Waals surface area contributed by atoms with Crippen LogP contribution in [-0.2, 0) is 0 Å². The molecule has 5 nitrogen and oxygen atoms in total. The predicted octanol–water partition coefficient (Wildman–Crippen LogP) is 0.220. The van der Waals surface area contributed by atoms with Crippen molar-refractivity contribution < 1.29 is 4.79 Å². The highest BCUT2D eigenvalue weighted by Gasteiger charge is 2.10. The Morgan fingerprint density at radius 2 is 1.92 bits per heavy atom. The normalized spacial score (nSPS) is 9.46. The van der Waals surface area contributed by atoms with Gasteiger partial charge >= 0.3 is 0 Å². The summed E-state index contributed by atoms with van der Waals surface area (Å²) in [5.41, 5.74) is 0.787. The minimum absolute atomic E-state index is 0.192. The average molecular weight is 180 g/mol. The molecule has 0 saturated heterocycles. The van der Waals surface area contributed by atoms with Crippen molar-refractivity contribution >= 4 is 11.6 Å². The highest BCUT2D eigenvalue weighted by Crippen LogP contribution is 2.01. The molecule has 1 heterocycles. The van der Waals surface area contributed by atoms with Gasteiger partial charge in [0.05, 0.1) is 18.1 Å². The van der Waals surface area contributed by atoms with Gasteiger partial charge in [0.15, 0.2) is 0 Å². The highest BCUT2D eigenvalue weighted by atomic mass is 16.2. The molecule has 13 heavy (non-hydrogen) atoms. The van der Waals surface area contributed by atoms with Crippen molar-refractivity contribution in [1.82, 2.24) is 14.9 Å². The number of nitrogens with zero attached hydrogens (tertiary/aromatic N) is 3. The Labute approximate surface area is 76.8 Å². The third kappa shape index (κ3) is 2.14. The molecule has 0 aromatic carbocycles. The Morgan fingerprint density at radius 3 is 2.31 bits per heavy atom. The van der Waals surface area contributed by atoms with Crippen LogP contribution >= 0.6 is 0 Å². The SMILES string of the molecule is CNc1cnc(C(=O)N(C)C)nc1. The number of aromatic nitrogens is 2. The molecular weight excluding hydrogens is 168 g/mol. The molecule has 70 valence electrons. The Bertz CT molecular complexity index is 294. The van der Waals surface area contributed by atoms with Crippen LogP contribution in [0.15, 0.2) is 12.4 Å². The van der Waals surface area contributed by atoms with Crippen LogP contribution < -0.4 is 5.32 Å². The van der Waals surface area contributed by atoms with Gasteiger partial charge in [0.2, 0.25) is 5.82 Å². The van der Waals surface area contributed by atoms with Crippen LogP contribution in [0.25, 0.3) is 0 Å². The molecule has 0 saturated carbocycles. The lowest BCUT2D eigenvalue weighted by atomic mass is 10.4. The van der Waals surface area contributed by atoms with Crippen LogP contribution in [0.2, 0.25) is 0 Å². The predicted molar refractivity (Wildman–Crippen MR) is 49.6 cm³/mol. The van der Waals surface area contributed by atoms with E-state index in [0.29, 0.717) is 0 Å². The quantitative estimate of drug-likeness (QED) is 0.707. The van der Waals surface area contributed by atoms with E-state index < -0.39 is 0 Å². The minimum atomic E-state index is -0.192. The first-order chi connectivity index (χ1) is 6.15. The number of hydrogen-bond acceptors (Lipinski definition) is 4. The second-order valence-corrected chi connectivity index (χ2v) is 2.74. The number of anilines is 1. The molecular formula is C8H12N4O. The third-order valence-electron chi connectivity index (χ3n) is 1.54. The van der Waals surface area contributed by atoms with Crippen LogP contribution in [0.1, 0.15) is 10.6 Å². The van der Waals surface area contributed by atoms with Crippen molar-refractivity contribution in [3.63, 3.8) is 0 Å². The van der Waals surface area contributed by atoms with Gasteiger partial charge in [-0.3, -0.25) is 4.79 Å². The molecule has 0 fully saturated rings. The zero-order valence-electron chi connectivity index (χ0n) is 7.90. The number of hydrogen-bond donors (Lipinski definition) is 1. The van der Waals surface area contributed by atoms with Crippen LogP contribution in [0.3, 0.4) is 0 Å². The minimum Gasteiger partial charge on any atom is -0.386 e. The lowest BCUT2D eigenvalue weighted by Crippen LogP contribution is -2.23. The van der Waals surface area contributed by atoms with Gasteiger partial charge in [0.25, 0.3) is 5.91 Å². The van der Waals surface area contributed by atoms with Gasteiger partial charge in [-0.05, 0) is 0 Å². The van der Waals surface area contributed by atoms with E-state index in [-0.39, 0.29) is 11.7 Å². The molecule has 0 spiro atoms. The Balaban J connectivity index is 2.86. The summed E-state index contributed by atoms with van der Waals surface area (Å²) in [4.78, 5) is 20.6. The fourth-order valence-corrected chi connectivity index (χ4v) is 0.768. The smallest absolute Gasteiger partial charge is 0.291 e. The number of nitrogens with one attached hydrogen (secondary N) is 1. The molecule has 0 bridgehead atoms. The number of rotatable bonds is 2. The average Bonchev–Trinajstić information content (AvgIpc) is 2.17. The topological polar surface area (TPSA) is 58.1 Å². The standard InChI is InChI=1S/C8H12N4O/c1-9-6-4-10-7(11-5-6)8(13)12(2)3/h4-5,9H,1-3H3.